The summed E-state index contributed by atoms with van der Waals surface area (Å²) < 4.78 is 0. The average molecular weight is 216 g/mol. The molecule has 0 amide bonds. The minimum absolute atomic E-state index is 0. The van der Waals surface area contributed by atoms with Gasteiger partial charge in [0.1, 0.15) is 0 Å². The van der Waals surface area contributed by atoms with Crippen molar-refractivity contribution >= 4 is 0 Å². The molecule has 0 rings (SSSR count). The van der Waals surface area contributed by atoms with Crippen molar-refractivity contribution < 1.29 is 67.6 Å². The fraction of sp³-hybridized carbons (Fsp3) is 0. The Labute approximate surface area is 67.6 Å². The molecule has 0 bridgehead atoms. The predicted molar refractivity (Wildman–Crippen MR) is 2.06 cm³/mol. The van der Waals surface area contributed by atoms with Gasteiger partial charge in [-0.15, -0.1) is 0 Å². The van der Waals surface area contributed by atoms with E-state index in [0.29, 0.717) is 0 Å². The summed E-state index contributed by atoms with van der Waals surface area (Å²) in [5.41, 5.74) is 0. The Bertz CT molecular complexity index is 6.00. The SMILES string of the molecule is [Fe+3].[Fe+3].[Fe+3].[O-2].[O-2].[O-2]. The summed E-state index contributed by atoms with van der Waals surface area (Å²) in [6.45, 7) is 0. The van der Waals surface area contributed by atoms with E-state index in [-0.39, 0.29) is 67.6 Å². The third-order valence-corrected chi connectivity index (χ3v) is 0. The van der Waals surface area contributed by atoms with E-state index in [0.717, 1.165) is 0 Å². The minimum Gasteiger partial charge on any atom is -2.00 e. The van der Waals surface area contributed by atoms with Crippen LogP contribution in [0.4, 0.5) is 0 Å². The maximum absolute atomic E-state index is 0. The van der Waals surface area contributed by atoms with Crippen molar-refractivity contribution in [1.29, 1.82) is 0 Å². The van der Waals surface area contributed by atoms with Crippen molar-refractivity contribution in [2.45, 2.75) is 0 Å². The molecule has 0 fully saturated rings. The molecule has 0 aliphatic carbocycles. The van der Waals surface area contributed by atoms with E-state index in [1.54, 1.807) is 0 Å². The van der Waals surface area contributed by atoms with E-state index in [1.165, 1.54) is 0 Å². The summed E-state index contributed by atoms with van der Waals surface area (Å²) in [4.78, 5) is 0. The summed E-state index contributed by atoms with van der Waals surface area (Å²) in [7, 11) is 0. The zero-order valence-electron chi connectivity index (χ0n) is 2.29. The van der Waals surface area contributed by atoms with Gasteiger partial charge in [0.05, 0.1) is 0 Å². The van der Waals surface area contributed by atoms with Crippen molar-refractivity contribution in [1.82, 2.24) is 0 Å². The molecule has 0 unspecified atom stereocenters. The molecular formula is Fe3O3+3. The van der Waals surface area contributed by atoms with Crippen LogP contribution in [0.25, 0.3) is 0 Å². The fourth-order valence-corrected chi connectivity index (χ4v) is 0. The van der Waals surface area contributed by atoms with E-state index in [1.807, 2.05) is 0 Å². The molecule has 0 spiro atoms. The largest absolute Gasteiger partial charge is 3.00 e. The fourth-order valence-electron chi connectivity index (χ4n) is 0. The molecule has 6 heteroatoms. The molecular weight excluding hydrogens is 216 g/mol. The average Bonchev–Trinajstić information content (AvgIpc) is 0. The molecule has 0 aliphatic heterocycles. The third kappa shape index (κ3) is 51.8. The van der Waals surface area contributed by atoms with Crippen molar-refractivity contribution in [2.75, 3.05) is 0 Å². The summed E-state index contributed by atoms with van der Waals surface area (Å²) in [5, 5.41) is 0. The maximum atomic E-state index is 0. The van der Waals surface area contributed by atoms with E-state index in [2.05, 4.69) is 0 Å². The van der Waals surface area contributed by atoms with Crippen LogP contribution in [0.3, 0.4) is 0 Å². The van der Waals surface area contributed by atoms with Gasteiger partial charge in [-0.05, 0) is 0 Å². The van der Waals surface area contributed by atoms with Gasteiger partial charge in [0.15, 0.2) is 0 Å². The van der Waals surface area contributed by atoms with Crippen LogP contribution in [0.1, 0.15) is 0 Å². The summed E-state index contributed by atoms with van der Waals surface area (Å²) in [6.07, 6.45) is 0. The normalized spacial score (nSPS) is 0. The summed E-state index contributed by atoms with van der Waals surface area (Å²) in [6, 6.07) is 0. The molecule has 0 aromatic carbocycles. The first kappa shape index (κ1) is 149. The van der Waals surface area contributed by atoms with Crippen LogP contribution in [-0.2, 0) is 67.6 Å². The number of hydrogen-bond donors (Lipinski definition) is 0. The van der Waals surface area contributed by atoms with Gasteiger partial charge in [0.25, 0.3) is 0 Å². The first-order chi connectivity index (χ1) is 0. The predicted octanol–water partition coefficient (Wildman–Crippen LogP) is -0.364. The smallest absolute Gasteiger partial charge is 2.00 e. The maximum Gasteiger partial charge on any atom is 3.00 e. The van der Waals surface area contributed by atoms with E-state index >= 15 is 0 Å². The van der Waals surface area contributed by atoms with E-state index in [9.17, 15) is 0 Å². The Hall–Kier alpha value is 1.44. The molecule has 0 saturated heterocycles. The molecule has 0 aliphatic rings. The van der Waals surface area contributed by atoms with Gasteiger partial charge in [0.2, 0.25) is 0 Å². The van der Waals surface area contributed by atoms with Gasteiger partial charge in [-0.25, -0.2) is 0 Å². The van der Waals surface area contributed by atoms with Crippen LogP contribution in [0.2, 0.25) is 0 Å². The Morgan fingerprint density at radius 2 is 0.333 bits per heavy atom. The molecule has 39 valence electrons. The van der Waals surface area contributed by atoms with Crippen LogP contribution < -0.4 is 0 Å². The standard InChI is InChI=1S/3Fe.3O/q3*+3;3*-2. The van der Waals surface area contributed by atoms with Gasteiger partial charge >= 0.3 is 51.2 Å². The van der Waals surface area contributed by atoms with Crippen molar-refractivity contribution in [3.63, 3.8) is 0 Å². The molecule has 0 saturated carbocycles. The van der Waals surface area contributed by atoms with Gasteiger partial charge in [-0.2, -0.15) is 0 Å². The van der Waals surface area contributed by atoms with Crippen LogP contribution in [0.15, 0.2) is 0 Å². The Morgan fingerprint density at radius 3 is 0.333 bits per heavy atom. The molecule has 0 aromatic rings. The van der Waals surface area contributed by atoms with Gasteiger partial charge < -0.3 is 16.4 Å². The molecule has 6 heavy (non-hydrogen) atoms. The van der Waals surface area contributed by atoms with Crippen LogP contribution in [0.5, 0.6) is 0 Å². The Kier molecular flexibility index (Phi) is 2290. The summed E-state index contributed by atoms with van der Waals surface area (Å²) >= 11 is 0. The van der Waals surface area contributed by atoms with Crippen LogP contribution >= 0.6 is 0 Å². The third-order valence-electron chi connectivity index (χ3n) is 0. The zero-order chi connectivity index (χ0) is 0. The number of hydrogen-bond acceptors (Lipinski definition) is 0. The van der Waals surface area contributed by atoms with Crippen molar-refractivity contribution in [3.8, 4) is 0 Å². The number of rotatable bonds is 0. The molecule has 3 radical (unpaired) electrons. The molecule has 0 N–H and O–H groups in total. The van der Waals surface area contributed by atoms with Crippen molar-refractivity contribution in [3.05, 3.63) is 0 Å². The van der Waals surface area contributed by atoms with Gasteiger partial charge in [-0.1, -0.05) is 0 Å². The second kappa shape index (κ2) is 92.0. The van der Waals surface area contributed by atoms with Gasteiger partial charge in [-0.3, -0.25) is 0 Å². The first-order valence-corrected chi connectivity index (χ1v) is 0. The Balaban J connectivity index is 0. The summed E-state index contributed by atoms with van der Waals surface area (Å²) in [5.74, 6) is 0. The molecule has 0 heterocycles. The van der Waals surface area contributed by atoms with E-state index in [4.69, 9.17) is 0 Å². The van der Waals surface area contributed by atoms with Crippen LogP contribution in [-0.4, -0.2) is 0 Å². The molecule has 0 atom stereocenters. The van der Waals surface area contributed by atoms with Gasteiger partial charge in [0, 0.05) is 0 Å². The molecule has 3 nitrogen and oxygen atoms in total. The topological polar surface area (TPSA) is 85.5 Å². The zero-order valence-corrected chi connectivity index (χ0v) is 5.60. The first-order valence-electron chi connectivity index (χ1n) is 0. The van der Waals surface area contributed by atoms with Crippen molar-refractivity contribution in [2.24, 2.45) is 0 Å². The monoisotopic (exact) mass is 216 g/mol. The van der Waals surface area contributed by atoms with E-state index < -0.39 is 0 Å². The Morgan fingerprint density at radius 1 is 0.333 bits per heavy atom. The van der Waals surface area contributed by atoms with Crippen LogP contribution in [0, 0.1) is 0 Å². The minimum atomic E-state index is 0. The molecule has 0 aromatic heterocycles. The quantitative estimate of drug-likeness (QED) is 0.494. The second-order valence-corrected chi connectivity index (χ2v) is 0. The second-order valence-electron chi connectivity index (χ2n) is 0.